The van der Waals surface area contributed by atoms with Crippen LogP contribution in [0.5, 0.6) is 5.88 Å². The van der Waals surface area contributed by atoms with Gasteiger partial charge in [-0.2, -0.15) is 0 Å². The van der Waals surface area contributed by atoms with Gasteiger partial charge in [-0.15, -0.1) is 0 Å². The Kier molecular flexibility index (Phi) is 2.91. The second-order valence-corrected chi connectivity index (χ2v) is 4.97. The lowest BCUT2D eigenvalue weighted by atomic mass is 9.97. The lowest BCUT2D eigenvalue weighted by Gasteiger charge is -2.29. The molecule has 3 heterocycles. The van der Waals surface area contributed by atoms with Gasteiger partial charge in [0.15, 0.2) is 5.52 Å². The van der Waals surface area contributed by atoms with Crippen molar-refractivity contribution in [1.82, 2.24) is 19.9 Å². The predicted molar refractivity (Wildman–Crippen MR) is 69.6 cm³/mol. The Labute approximate surface area is 106 Å². The van der Waals surface area contributed by atoms with Gasteiger partial charge >= 0.3 is 0 Å². The highest BCUT2D eigenvalue weighted by atomic mass is 16.5. The van der Waals surface area contributed by atoms with Gasteiger partial charge in [0, 0.05) is 19.8 Å². The van der Waals surface area contributed by atoms with E-state index in [9.17, 15) is 0 Å². The van der Waals surface area contributed by atoms with Crippen molar-refractivity contribution < 1.29 is 4.74 Å². The Balaban J connectivity index is 1.90. The van der Waals surface area contributed by atoms with Gasteiger partial charge in [0.05, 0.1) is 11.8 Å². The van der Waals surface area contributed by atoms with Crippen LogP contribution in [0.1, 0.15) is 13.3 Å². The highest BCUT2D eigenvalue weighted by Gasteiger charge is 2.24. The third-order valence-electron chi connectivity index (χ3n) is 3.63. The van der Waals surface area contributed by atoms with Crippen molar-refractivity contribution >= 4 is 11.0 Å². The van der Waals surface area contributed by atoms with E-state index < -0.39 is 0 Å². The second kappa shape index (κ2) is 4.57. The number of rotatable bonds is 2. The molecule has 2 atom stereocenters. The molecule has 2 unspecified atom stereocenters. The summed E-state index contributed by atoms with van der Waals surface area (Å²) in [6.07, 6.45) is 4.89. The molecular formula is C13H18N4O. The molecule has 0 radical (unpaired) electrons. The summed E-state index contributed by atoms with van der Waals surface area (Å²) in [6, 6.07) is 1.96. The van der Waals surface area contributed by atoms with E-state index in [1.807, 2.05) is 17.7 Å². The molecule has 1 aliphatic heterocycles. The van der Waals surface area contributed by atoms with Crippen molar-refractivity contribution in [2.24, 2.45) is 13.0 Å². The van der Waals surface area contributed by atoms with Crippen LogP contribution in [-0.2, 0) is 7.05 Å². The van der Waals surface area contributed by atoms with Gasteiger partial charge < -0.3 is 14.6 Å². The normalized spacial score (nSPS) is 24.3. The summed E-state index contributed by atoms with van der Waals surface area (Å²) in [5, 5.41) is 3.36. The van der Waals surface area contributed by atoms with E-state index >= 15 is 0 Å². The molecular weight excluding hydrogens is 228 g/mol. The van der Waals surface area contributed by atoms with E-state index in [4.69, 9.17) is 4.74 Å². The highest BCUT2D eigenvalue weighted by Crippen LogP contribution is 2.24. The van der Waals surface area contributed by atoms with Crippen LogP contribution in [0.25, 0.3) is 11.0 Å². The van der Waals surface area contributed by atoms with E-state index in [1.165, 1.54) is 0 Å². The minimum atomic E-state index is 0.179. The summed E-state index contributed by atoms with van der Waals surface area (Å²) < 4.78 is 8.02. The van der Waals surface area contributed by atoms with Crippen LogP contribution >= 0.6 is 0 Å². The molecule has 5 nitrogen and oxygen atoms in total. The number of pyridine rings is 1. The number of ether oxygens (including phenoxy) is 1. The smallest absolute Gasteiger partial charge is 0.242 e. The molecule has 1 N–H and O–H groups in total. The molecule has 0 spiro atoms. The third kappa shape index (κ3) is 1.95. The number of nitrogens with one attached hydrogen (secondary N) is 1. The first kappa shape index (κ1) is 11.5. The van der Waals surface area contributed by atoms with Gasteiger partial charge in [-0.05, 0) is 24.9 Å². The first-order chi connectivity index (χ1) is 8.75. The molecule has 0 amide bonds. The topological polar surface area (TPSA) is 52.0 Å². The number of piperidine rings is 1. The second-order valence-electron chi connectivity index (χ2n) is 4.97. The van der Waals surface area contributed by atoms with Crippen molar-refractivity contribution in [2.45, 2.75) is 19.4 Å². The molecule has 2 aromatic heterocycles. The van der Waals surface area contributed by atoms with Crippen molar-refractivity contribution in [3.8, 4) is 5.88 Å². The Bertz CT molecular complexity index is 551. The quantitative estimate of drug-likeness (QED) is 0.869. The molecule has 1 fully saturated rings. The summed E-state index contributed by atoms with van der Waals surface area (Å²) in [5.74, 6) is 1.20. The van der Waals surface area contributed by atoms with Crippen LogP contribution in [0.15, 0.2) is 18.6 Å². The summed E-state index contributed by atoms with van der Waals surface area (Å²) in [5.41, 5.74) is 1.90. The Morgan fingerprint density at radius 3 is 3.17 bits per heavy atom. The molecule has 3 rings (SSSR count). The SMILES string of the molecule is CC1CCNCC1Oc1nccc2c1ncn2C. The zero-order chi connectivity index (χ0) is 12.5. The van der Waals surface area contributed by atoms with Crippen LogP contribution in [0.3, 0.4) is 0 Å². The molecule has 0 aliphatic carbocycles. The fourth-order valence-electron chi connectivity index (χ4n) is 2.39. The van der Waals surface area contributed by atoms with Crippen molar-refractivity contribution in [2.75, 3.05) is 13.1 Å². The van der Waals surface area contributed by atoms with E-state index in [2.05, 4.69) is 22.2 Å². The average molecular weight is 246 g/mol. The standard InChI is InChI=1S/C13H18N4O/c1-9-3-5-14-7-11(9)18-13-12-10(4-6-15-13)17(2)8-16-12/h4,6,8-9,11,14H,3,5,7H2,1-2H3. The third-order valence-corrected chi connectivity index (χ3v) is 3.63. The first-order valence-corrected chi connectivity index (χ1v) is 6.39. The summed E-state index contributed by atoms with van der Waals surface area (Å²) in [6.45, 7) is 4.18. The molecule has 0 bridgehead atoms. The number of aryl methyl sites for hydroxylation is 1. The zero-order valence-electron chi connectivity index (χ0n) is 10.8. The molecule has 5 heteroatoms. The molecule has 96 valence electrons. The Morgan fingerprint density at radius 2 is 2.33 bits per heavy atom. The van der Waals surface area contributed by atoms with Crippen LogP contribution in [0, 0.1) is 5.92 Å². The van der Waals surface area contributed by atoms with Crippen LogP contribution < -0.4 is 10.1 Å². The Morgan fingerprint density at radius 1 is 1.44 bits per heavy atom. The van der Waals surface area contributed by atoms with Crippen molar-refractivity contribution in [3.05, 3.63) is 18.6 Å². The summed E-state index contributed by atoms with van der Waals surface area (Å²) in [4.78, 5) is 8.69. The number of imidazole rings is 1. The molecule has 0 aromatic carbocycles. The van der Waals surface area contributed by atoms with E-state index in [1.54, 1.807) is 12.5 Å². The van der Waals surface area contributed by atoms with Crippen molar-refractivity contribution in [1.29, 1.82) is 0 Å². The van der Waals surface area contributed by atoms with E-state index in [-0.39, 0.29) is 6.10 Å². The number of nitrogens with zero attached hydrogens (tertiary/aromatic N) is 3. The fourth-order valence-corrected chi connectivity index (χ4v) is 2.39. The number of fused-ring (bicyclic) bond motifs is 1. The highest BCUT2D eigenvalue weighted by molar-refractivity contribution is 5.79. The number of hydrogen-bond donors (Lipinski definition) is 1. The molecule has 2 aromatic rings. The molecule has 1 aliphatic rings. The van der Waals surface area contributed by atoms with E-state index in [0.29, 0.717) is 11.8 Å². The predicted octanol–water partition coefficient (Wildman–Crippen LogP) is 1.35. The molecule has 1 saturated heterocycles. The Hall–Kier alpha value is -1.62. The summed E-state index contributed by atoms with van der Waals surface area (Å²) >= 11 is 0. The van der Waals surface area contributed by atoms with Gasteiger partial charge in [-0.3, -0.25) is 0 Å². The van der Waals surface area contributed by atoms with Gasteiger partial charge in [-0.25, -0.2) is 9.97 Å². The average Bonchev–Trinajstić information content (AvgIpc) is 2.76. The monoisotopic (exact) mass is 246 g/mol. The molecule has 18 heavy (non-hydrogen) atoms. The van der Waals surface area contributed by atoms with Gasteiger partial charge in [0.2, 0.25) is 5.88 Å². The fraction of sp³-hybridized carbons (Fsp3) is 0.538. The lowest BCUT2D eigenvalue weighted by molar-refractivity contribution is 0.111. The van der Waals surface area contributed by atoms with Crippen LogP contribution in [0.2, 0.25) is 0 Å². The van der Waals surface area contributed by atoms with Gasteiger partial charge in [0.25, 0.3) is 0 Å². The number of aromatic nitrogens is 3. The van der Waals surface area contributed by atoms with Gasteiger partial charge in [0.1, 0.15) is 6.10 Å². The summed E-state index contributed by atoms with van der Waals surface area (Å²) in [7, 11) is 1.98. The molecule has 0 saturated carbocycles. The van der Waals surface area contributed by atoms with Gasteiger partial charge in [-0.1, -0.05) is 6.92 Å². The number of hydrogen-bond acceptors (Lipinski definition) is 4. The first-order valence-electron chi connectivity index (χ1n) is 6.39. The minimum Gasteiger partial charge on any atom is -0.471 e. The lowest BCUT2D eigenvalue weighted by Crippen LogP contribution is -2.43. The van der Waals surface area contributed by atoms with Crippen LogP contribution in [-0.4, -0.2) is 33.7 Å². The zero-order valence-corrected chi connectivity index (χ0v) is 10.8. The maximum Gasteiger partial charge on any atom is 0.242 e. The van der Waals surface area contributed by atoms with Crippen molar-refractivity contribution in [3.63, 3.8) is 0 Å². The maximum absolute atomic E-state index is 6.04. The largest absolute Gasteiger partial charge is 0.471 e. The minimum absolute atomic E-state index is 0.179. The van der Waals surface area contributed by atoms with E-state index in [0.717, 1.165) is 30.5 Å². The maximum atomic E-state index is 6.04. The van der Waals surface area contributed by atoms with Crippen LogP contribution in [0.4, 0.5) is 0 Å².